The number of nitrogens with two attached hydrogens (primary N) is 1. The van der Waals surface area contributed by atoms with Gasteiger partial charge in [0.05, 0.1) is 0 Å². The molecule has 0 amide bonds. The summed E-state index contributed by atoms with van der Waals surface area (Å²) >= 11 is 0. The smallest absolute Gasteiger partial charge is 0.0396 e. The van der Waals surface area contributed by atoms with Crippen LogP contribution in [0.1, 0.15) is 19.6 Å². The van der Waals surface area contributed by atoms with Crippen molar-refractivity contribution in [1.29, 1.82) is 0 Å². The second-order valence-corrected chi connectivity index (χ2v) is 1.67. The van der Waals surface area contributed by atoms with Gasteiger partial charge in [-0.05, 0) is 25.8 Å². The van der Waals surface area contributed by atoms with Crippen LogP contribution in [0.25, 0.3) is 0 Å². The molecule has 0 aromatic carbocycles. The third kappa shape index (κ3) is 1.42. The lowest BCUT2D eigenvalue weighted by molar-refractivity contribution is 1.13. The molecule has 0 aliphatic heterocycles. The van der Waals surface area contributed by atoms with Gasteiger partial charge in [0.1, 0.15) is 0 Å². The van der Waals surface area contributed by atoms with Gasteiger partial charge in [-0.2, -0.15) is 0 Å². The summed E-state index contributed by atoms with van der Waals surface area (Å²) in [7, 11) is 0. The number of anilines is 1. The van der Waals surface area contributed by atoms with Crippen LogP contribution in [0.3, 0.4) is 0 Å². The number of pyridine rings is 1. The SMILES string of the molecule is [2H]C([2H])([2H])c1cc(N)cc(C([2H])([2H])[2H])n1. The number of aryl methyl sites for hydroxylation is 2. The first-order chi connectivity index (χ1) is 6.60. The van der Waals surface area contributed by atoms with Crippen molar-refractivity contribution in [3.63, 3.8) is 0 Å². The second-order valence-electron chi connectivity index (χ2n) is 1.67. The number of aromatic nitrogens is 1. The lowest BCUT2D eigenvalue weighted by Crippen LogP contribution is -1.90. The zero-order chi connectivity index (χ0) is 11.9. The average Bonchev–Trinajstić information content (AvgIpc) is 1.99. The largest absolute Gasteiger partial charge is 0.399 e. The summed E-state index contributed by atoms with van der Waals surface area (Å²) in [5.41, 5.74) is 4.90. The molecule has 0 radical (unpaired) electrons. The Morgan fingerprint density at radius 3 is 2.44 bits per heavy atom. The van der Waals surface area contributed by atoms with Crippen LogP contribution in [-0.2, 0) is 0 Å². The molecule has 2 nitrogen and oxygen atoms in total. The molecule has 0 atom stereocenters. The molecule has 48 valence electrons. The summed E-state index contributed by atoms with van der Waals surface area (Å²) in [5, 5.41) is 0. The summed E-state index contributed by atoms with van der Waals surface area (Å²) in [5.74, 6) is 0. The zero-order valence-corrected chi connectivity index (χ0v) is 4.68. The Morgan fingerprint density at radius 1 is 1.44 bits per heavy atom. The fraction of sp³-hybridized carbons (Fsp3) is 0.286. The Bertz CT molecular complexity index is 334. The minimum Gasteiger partial charge on any atom is -0.399 e. The van der Waals surface area contributed by atoms with Gasteiger partial charge in [-0.3, -0.25) is 4.98 Å². The van der Waals surface area contributed by atoms with Crippen molar-refractivity contribution in [2.45, 2.75) is 13.7 Å². The van der Waals surface area contributed by atoms with Gasteiger partial charge >= 0.3 is 0 Å². The van der Waals surface area contributed by atoms with Crippen LogP contribution in [0.4, 0.5) is 5.69 Å². The molecule has 0 unspecified atom stereocenters. The monoisotopic (exact) mass is 128 g/mol. The topological polar surface area (TPSA) is 38.9 Å². The number of hydrogen-bond acceptors (Lipinski definition) is 2. The normalized spacial score (nSPS) is 22.2. The molecule has 1 rings (SSSR count). The van der Waals surface area contributed by atoms with E-state index in [1.165, 1.54) is 0 Å². The Morgan fingerprint density at radius 2 is 2.00 bits per heavy atom. The van der Waals surface area contributed by atoms with Crippen molar-refractivity contribution in [2.75, 3.05) is 5.73 Å². The number of rotatable bonds is 0. The fourth-order valence-electron chi connectivity index (χ4n) is 0.552. The van der Waals surface area contributed by atoms with E-state index in [0.717, 1.165) is 12.1 Å². The highest BCUT2D eigenvalue weighted by molar-refractivity contribution is 5.39. The maximum atomic E-state index is 7.10. The molecule has 0 spiro atoms. The fourth-order valence-corrected chi connectivity index (χ4v) is 0.552. The van der Waals surface area contributed by atoms with E-state index in [1.807, 2.05) is 0 Å². The standard InChI is InChI=1S/C7H10N2/c1-5-3-7(8)4-6(2)9-5/h3-4H,1-2H3,(H2,8,9)/i1D3,2D3. The molecule has 0 aliphatic carbocycles. The molecular weight excluding hydrogens is 112 g/mol. The van der Waals surface area contributed by atoms with Gasteiger partial charge in [0.2, 0.25) is 0 Å². The molecule has 1 aromatic rings. The van der Waals surface area contributed by atoms with E-state index in [4.69, 9.17) is 14.0 Å². The highest BCUT2D eigenvalue weighted by Gasteiger charge is 1.89. The minimum absolute atomic E-state index is 0.0854. The molecule has 1 heterocycles. The number of nitrogens with zero attached hydrogens (tertiary/aromatic N) is 1. The van der Waals surface area contributed by atoms with Crippen molar-refractivity contribution >= 4 is 5.69 Å². The summed E-state index contributed by atoms with van der Waals surface area (Å²) in [6.07, 6.45) is 0. The van der Waals surface area contributed by atoms with E-state index in [-0.39, 0.29) is 17.1 Å². The molecule has 0 saturated heterocycles. The van der Waals surface area contributed by atoms with Gasteiger partial charge in [-0.25, -0.2) is 0 Å². The maximum absolute atomic E-state index is 7.10. The first-order valence-corrected chi connectivity index (χ1v) is 2.39. The van der Waals surface area contributed by atoms with Crippen molar-refractivity contribution in [1.82, 2.24) is 4.98 Å². The van der Waals surface area contributed by atoms with Gasteiger partial charge in [-0.1, -0.05) is 0 Å². The molecule has 0 aliphatic rings. The summed E-state index contributed by atoms with van der Waals surface area (Å²) < 4.78 is 42.6. The molecule has 2 heteroatoms. The molecular formula is C7H10N2. The zero-order valence-electron chi connectivity index (χ0n) is 10.7. The van der Waals surface area contributed by atoms with Crippen LogP contribution >= 0.6 is 0 Å². The summed E-state index contributed by atoms with van der Waals surface area (Å²) in [4.78, 5) is 3.57. The van der Waals surface area contributed by atoms with Crippen LogP contribution in [-0.4, -0.2) is 4.98 Å². The van der Waals surface area contributed by atoms with Crippen molar-refractivity contribution in [3.8, 4) is 0 Å². The highest BCUT2D eigenvalue weighted by Crippen LogP contribution is 2.04. The lowest BCUT2D eigenvalue weighted by atomic mass is 10.3. The number of hydrogen-bond donors (Lipinski definition) is 1. The lowest BCUT2D eigenvalue weighted by Gasteiger charge is -1.96. The van der Waals surface area contributed by atoms with Crippen molar-refractivity contribution in [3.05, 3.63) is 23.5 Å². The minimum atomic E-state index is -2.45. The van der Waals surface area contributed by atoms with Gasteiger partial charge in [0.25, 0.3) is 0 Å². The first kappa shape index (κ1) is 1.97. The molecule has 0 bridgehead atoms. The predicted octanol–water partition coefficient (Wildman–Crippen LogP) is 1.28. The molecule has 2 N–H and O–H groups in total. The van der Waals surface area contributed by atoms with Crippen molar-refractivity contribution < 1.29 is 8.22 Å². The third-order valence-corrected chi connectivity index (χ3v) is 0.848. The van der Waals surface area contributed by atoms with Crippen LogP contribution in [0.5, 0.6) is 0 Å². The van der Waals surface area contributed by atoms with Crippen molar-refractivity contribution in [2.24, 2.45) is 0 Å². The van der Waals surface area contributed by atoms with Gasteiger partial charge < -0.3 is 5.73 Å². The highest BCUT2D eigenvalue weighted by atomic mass is 14.7. The van der Waals surface area contributed by atoms with E-state index in [9.17, 15) is 0 Å². The van der Waals surface area contributed by atoms with Crippen LogP contribution in [0.2, 0.25) is 0 Å². The van der Waals surface area contributed by atoms with Crippen LogP contribution in [0, 0.1) is 13.7 Å². The van der Waals surface area contributed by atoms with E-state index >= 15 is 0 Å². The Kier molecular flexibility index (Phi) is 0.450. The molecule has 1 aromatic heterocycles. The Labute approximate surface area is 63.2 Å². The summed E-state index contributed by atoms with van der Waals surface area (Å²) in [6, 6.07) is 2.31. The van der Waals surface area contributed by atoms with Gasteiger partial charge in [0.15, 0.2) is 0 Å². The summed E-state index contributed by atoms with van der Waals surface area (Å²) in [6.45, 7) is -4.90. The molecule has 0 saturated carbocycles. The first-order valence-electron chi connectivity index (χ1n) is 5.39. The van der Waals surface area contributed by atoms with E-state index in [0.29, 0.717) is 0 Å². The second kappa shape index (κ2) is 2.05. The maximum Gasteiger partial charge on any atom is 0.0396 e. The predicted molar refractivity (Wildman–Crippen MR) is 38.1 cm³/mol. The van der Waals surface area contributed by atoms with Gasteiger partial charge in [-0.15, -0.1) is 0 Å². The van der Waals surface area contributed by atoms with Crippen LogP contribution in [0.15, 0.2) is 12.1 Å². The third-order valence-electron chi connectivity index (χ3n) is 0.848. The molecule has 9 heavy (non-hydrogen) atoms. The van der Waals surface area contributed by atoms with Gasteiger partial charge in [0, 0.05) is 25.3 Å². The van der Waals surface area contributed by atoms with Crippen LogP contribution < -0.4 is 5.73 Å². The van der Waals surface area contributed by atoms with E-state index < -0.39 is 13.7 Å². The Hall–Kier alpha value is -1.05. The van der Waals surface area contributed by atoms with E-state index in [2.05, 4.69) is 4.98 Å². The Balaban J connectivity index is 3.30. The number of nitrogen functional groups attached to an aromatic ring is 1. The van der Waals surface area contributed by atoms with E-state index in [1.54, 1.807) is 0 Å². The molecule has 0 fully saturated rings. The quantitative estimate of drug-likeness (QED) is 0.571. The average molecular weight is 128 g/mol.